The second-order valence-electron chi connectivity index (χ2n) is 5.61. The van der Waals surface area contributed by atoms with Crippen LogP contribution < -0.4 is 10.1 Å². The molecule has 0 fully saturated rings. The third-order valence-electron chi connectivity index (χ3n) is 3.83. The van der Waals surface area contributed by atoms with E-state index in [0.29, 0.717) is 44.7 Å². The molecular formula is C20H18Cl2N2O3. The van der Waals surface area contributed by atoms with E-state index in [1.165, 1.54) is 6.20 Å². The van der Waals surface area contributed by atoms with E-state index in [1.807, 2.05) is 31.2 Å². The van der Waals surface area contributed by atoms with Crippen LogP contribution in [0.25, 0.3) is 10.9 Å². The highest BCUT2D eigenvalue weighted by Gasteiger charge is 2.19. The fraction of sp³-hybridized carbons (Fsp3) is 0.200. The van der Waals surface area contributed by atoms with Gasteiger partial charge in [-0.05, 0) is 38.1 Å². The third kappa shape index (κ3) is 4.10. The molecule has 0 aliphatic carbocycles. The van der Waals surface area contributed by atoms with Crippen LogP contribution in [0.4, 0.5) is 11.4 Å². The quantitative estimate of drug-likeness (QED) is 0.521. The Morgan fingerprint density at radius 1 is 1.15 bits per heavy atom. The number of fused-ring (bicyclic) bond motifs is 1. The van der Waals surface area contributed by atoms with Gasteiger partial charge in [-0.2, -0.15) is 0 Å². The molecule has 0 atom stereocenters. The van der Waals surface area contributed by atoms with Gasteiger partial charge in [-0.3, -0.25) is 4.98 Å². The summed E-state index contributed by atoms with van der Waals surface area (Å²) >= 11 is 12.5. The van der Waals surface area contributed by atoms with Gasteiger partial charge >= 0.3 is 5.97 Å². The van der Waals surface area contributed by atoms with Gasteiger partial charge in [0.15, 0.2) is 0 Å². The summed E-state index contributed by atoms with van der Waals surface area (Å²) in [6, 6.07) is 10.8. The molecule has 0 saturated heterocycles. The number of halogens is 2. The van der Waals surface area contributed by atoms with Gasteiger partial charge < -0.3 is 14.8 Å². The van der Waals surface area contributed by atoms with Crippen LogP contribution in [-0.4, -0.2) is 24.2 Å². The number of esters is 1. The molecule has 0 aliphatic heterocycles. The lowest BCUT2D eigenvalue weighted by Gasteiger charge is -2.17. The van der Waals surface area contributed by atoms with Crippen LogP contribution in [0.5, 0.6) is 5.75 Å². The summed E-state index contributed by atoms with van der Waals surface area (Å²) in [5.41, 5.74) is 2.03. The standard InChI is InChI=1S/C20H18Cl2N2O3/c1-3-26-17-8-6-5-7-16(17)24-18-13-9-12(21)10-15(22)19(13)23-11-14(18)20(25)27-4-2/h5-11H,3-4H2,1-2H3,(H,23,24). The zero-order chi connectivity index (χ0) is 19.4. The molecule has 140 valence electrons. The number of hydrogen-bond acceptors (Lipinski definition) is 5. The Hall–Kier alpha value is -2.50. The Kier molecular flexibility index (Phi) is 6.04. The van der Waals surface area contributed by atoms with Gasteiger partial charge in [0.1, 0.15) is 11.3 Å². The Labute approximate surface area is 167 Å². The molecule has 0 bridgehead atoms. The number of nitrogens with zero attached hydrogens (tertiary/aromatic N) is 1. The predicted octanol–water partition coefficient (Wildman–Crippen LogP) is 5.86. The lowest BCUT2D eigenvalue weighted by molar-refractivity contribution is 0.0527. The molecule has 0 unspecified atom stereocenters. The van der Waals surface area contributed by atoms with Crippen molar-refractivity contribution < 1.29 is 14.3 Å². The van der Waals surface area contributed by atoms with Crippen molar-refractivity contribution in [1.29, 1.82) is 0 Å². The largest absolute Gasteiger partial charge is 0.492 e. The van der Waals surface area contributed by atoms with Crippen LogP contribution in [0.3, 0.4) is 0 Å². The Morgan fingerprint density at radius 2 is 1.93 bits per heavy atom. The number of benzene rings is 2. The summed E-state index contributed by atoms with van der Waals surface area (Å²) in [5.74, 6) is 0.173. The number of nitrogens with one attached hydrogen (secondary N) is 1. The van der Waals surface area contributed by atoms with E-state index < -0.39 is 5.97 Å². The van der Waals surface area contributed by atoms with E-state index in [-0.39, 0.29) is 12.2 Å². The first-order chi connectivity index (χ1) is 13.0. The minimum atomic E-state index is -0.487. The highest BCUT2D eigenvalue weighted by atomic mass is 35.5. The summed E-state index contributed by atoms with van der Waals surface area (Å²) in [5, 5.41) is 4.73. The zero-order valence-corrected chi connectivity index (χ0v) is 16.4. The van der Waals surface area contributed by atoms with Crippen molar-refractivity contribution in [3.8, 4) is 5.75 Å². The summed E-state index contributed by atoms with van der Waals surface area (Å²) in [7, 11) is 0. The first-order valence-electron chi connectivity index (χ1n) is 8.48. The molecule has 0 amide bonds. The van der Waals surface area contributed by atoms with Crippen LogP contribution in [0.2, 0.25) is 10.0 Å². The molecular weight excluding hydrogens is 387 g/mol. The minimum Gasteiger partial charge on any atom is -0.492 e. The van der Waals surface area contributed by atoms with Crippen LogP contribution in [0, 0.1) is 0 Å². The van der Waals surface area contributed by atoms with Crippen LogP contribution >= 0.6 is 23.2 Å². The van der Waals surface area contributed by atoms with Gasteiger partial charge in [0.25, 0.3) is 0 Å². The number of para-hydroxylation sites is 2. The van der Waals surface area contributed by atoms with Crippen LogP contribution in [0.1, 0.15) is 24.2 Å². The van der Waals surface area contributed by atoms with Gasteiger partial charge in [-0.15, -0.1) is 0 Å². The lowest BCUT2D eigenvalue weighted by atomic mass is 10.1. The van der Waals surface area contributed by atoms with Crippen molar-refractivity contribution in [2.24, 2.45) is 0 Å². The molecule has 0 radical (unpaired) electrons. The highest BCUT2D eigenvalue weighted by molar-refractivity contribution is 6.38. The number of carbonyl (C=O) groups excluding carboxylic acids is 1. The number of hydrogen-bond donors (Lipinski definition) is 1. The Bertz CT molecular complexity index is 992. The maximum atomic E-state index is 12.5. The molecule has 5 nitrogen and oxygen atoms in total. The Balaban J connectivity index is 2.22. The van der Waals surface area contributed by atoms with E-state index >= 15 is 0 Å². The molecule has 1 N–H and O–H groups in total. The van der Waals surface area contributed by atoms with Gasteiger partial charge in [-0.25, -0.2) is 4.79 Å². The van der Waals surface area contributed by atoms with Crippen LogP contribution in [-0.2, 0) is 4.74 Å². The fourth-order valence-electron chi connectivity index (χ4n) is 2.71. The Morgan fingerprint density at radius 3 is 2.67 bits per heavy atom. The zero-order valence-electron chi connectivity index (χ0n) is 14.9. The van der Waals surface area contributed by atoms with E-state index in [1.54, 1.807) is 19.1 Å². The number of pyridine rings is 1. The minimum absolute atomic E-state index is 0.252. The van der Waals surface area contributed by atoms with Crippen LogP contribution in [0.15, 0.2) is 42.6 Å². The topological polar surface area (TPSA) is 60.5 Å². The monoisotopic (exact) mass is 404 g/mol. The number of anilines is 2. The van der Waals surface area contributed by atoms with Gasteiger partial charge in [0, 0.05) is 16.6 Å². The number of rotatable bonds is 6. The molecule has 3 aromatic rings. The summed E-state index contributed by atoms with van der Waals surface area (Å²) in [6.45, 7) is 4.42. The second kappa shape index (κ2) is 8.46. The van der Waals surface area contributed by atoms with Gasteiger partial charge in [-0.1, -0.05) is 35.3 Å². The predicted molar refractivity (Wildman–Crippen MR) is 109 cm³/mol. The van der Waals surface area contributed by atoms with Gasteiger partial charge in [0.2, 0.25) is 0 Å². The summed E-state index contributed by atoms with van der Waals surface area (Å²) in [6.07, 6.45) is 1.45. The van der Waals surface area contributed by atoms with E-state index in [0.717, 1.165) is 0 Å². The van der Waals surface area contributed by atoms with Crippen molar-refractivity contribution in [3.05, 3.63) is 58.2 Å². The summed E-state index contributed by atoms with van der Waals surface area (Å²) < 4.78 is 10.8. The maximum absolute atomic E-state index is 12.5. The van der Waals surface area contributed by atoms with Crippen molar-refractivity contribution in [1.82, 2.24) is 4.98 Å². The van der Waals surface area contributed by atoms with E-state index in [9.17, 15) is 4.79 Å². The fourth-order valence-corrected chi connectivity index (χ4v) is 3.25. The number of aromatic nitrogens is 1. The smallest absolute Gasteiger partial charge is 0.341 e. The lowest BCUT2D eigenvalue weighted by Crippen LogP contribution is -2.10. The molecule has 0 spiro atoms. The van der Waals surface area contributed by atoms with E-state index in [2.05, 4.69) is 10.3 Å². The van der Waals surface area contributed by atoms with Crippen molar-refractivity contribution in [2.75, 3.05) is 18.5 Å². The number of carbonyl (C=O) groups is 1. The summed E-state index contributed by atoms with van der Waals surface area (Å²) in [4.78, 5) is 16.8. The van der Waals surface area contributed by atoms with Crippen molar-refractivity contribution >= 4 is 51.4 Å². The highest BCUT2D eigenvalue weighted by Crippen LogP contribution is 2.37. The third-order valence-corrected chi connectivity index (χ3v) is 4.34. The second-order valence-corrected chi connectivity index (χ2v) is 6.45. The van der Waals surface area contributed by atoms with Crippen molar-refractivity contribution in [3.63, 3.8) is 0 Å². The first-order valence-corrected chi connectivity index (χ1v) is 9.24. The molecule has 1 heterocycles. The molecule has 0 saturated carbocycles. The maximum Gasteiger partial charge on any atom is 0.341 e. The van der Waals surface area contributed by atoms with Gasteiger partial charge in [0.05, 0.1) is 35.1 Å². The average Bonchev–Trinajstić information content (AvgIpc) is 2.64. The molecule has 3 rings (SSSR count). The van der Waals surface area contributed by atoms with Crippen molar-refractivity contribution in [2.45, 2.75) is 13.8 Å². The number of ether oxygens (including phenoxy) is 2. The van der Waals surface area contributed by atoms with E-state index in [4.69, 9.17) is 32.7 Å². The molecule has 2 aromatic carbocycles. The molecule has 27 heavy (non-hydrogen) atoms. The first kappa shape index (κ1) is 19.3. The molecule has 7 heteroatoms. The molecule has 1 aromatic heterocycles. The average molecular weight is 405 g/mol. The SMILES string of the molecule is CCOC(=O)c1cnc2c(Cl)cc(Cl)cc2c1Nc1ccccc1OCC. The molecule has 0 aliphatic rings. The normalized spacial score (nSPS) is 10.7.